The molecule has 0 aromatic carbocycles. The van der Waals surface area contributed by atoms with E-state index >= 15 is 0 Å². The number of carbonyl (C=O) groups excluding carboxylic acids is 1. The third-order valence-corrected chi connectivity index (χ3v) is 2.25. The Morgan fingerprint density at radius 1 is 1.75 bits per heavy atom. The quantitative estimate of drug-likeness (QED) is 0.572. The Kier molecular flexibility index (Phi) is 2.69. The van der Waals surface area contributed by atoms with Crippen molar-refractivity contribution in [3.8, 4) is 0 Å². The summed E-state index contributed by atoms with van der Waals surface area (Å²) in [6, 6.07) is 0. The van der Waals surface area contributed by atoms with Gasteiger partial charge in [-0.05, 0) is 19.8 Å². The average molecular weight is 173 g/mol. The van der Waals surface area contributed by atoms with Gasteiger partial charge in [0, 0.05) is 6.54 Å². The van der Waals surface area contributed by atoms with Crippen LogP contribution in [-0.2, 0) is 9.53 Å². The van der Waals surface area contributed by atoms with Crippen LogP contribution in [0.3, 0.4) is 0 Å². The van der Waals surface area contributed by atoms with Gasteiger partial charge in [0.2, 0.25) is 0 Å². The van der Waals surface area contributed by atoms with E-state index in [0.717, 1.165) is 0 Å². The molecule has 0 radical (unpaired) electrons. The van der Waals surface area contributed by atoms with Crippen LogP contribution < -0.4 is 5.73 Å². The van der Waals surface area contributed by atoms with Gasteiger partial charge in [-0.15, -0.1) is 0 Å². The third kappa shape index (κ3) is 1.76. The van der Waals surface area contributed by atoms with Gasteiger partial charge in [-0.3, -0.25) is 4.79 Å². The highest BCUT2D eigenvalue weighted by Gasteiger charge is 2.45. The Balaban J connectivity index is 2.29. The van der Waals surface area contributed by atoms with Gasteiger partial charge in [0.1, 0.15) is 0 Å². The van der Waals surface area contributed by atoms with E-state index in [0.29, 0.717) is 19.4 Å². The molecule has 1 fully saturated rings. The van der Waals surface area contributed by atoms with E-state index in [4.69, 9.17) is 10.5 Å². The molecule has 0 aliphatic heterocycles. The predicted octanol–water partition coefficient (Wildman–Crippen LogP) is -0.351. The first-order valence-corrected chi connectivity index (χ1v) is 4.20. The van der Waals surface area contributed by atoms with Crippen LogP contribution in [0.15, 0.2) is 0 Å². The summed E-state index contributed by atoms with van der Waals surface area (Å²) in [6.07, 6.45) is 0.894. The number of ether oxygens (including phenoxy) is 1. The second-order valence-electron chi connectivity index (χ2n) is 3.29. The van der Waals surface area contributed by atoms with Gasteiger partial charge >= 0.3 is 5.97 Å². The van der Waals surface area contributed by atoms with Gasteiger partial charge in [-0.1, -0.05) is 0 Å². The topological polar surface area (TPSA) is 72.5 Å². The molecule has 0 amide bonds. The van der Waals surface area contributed by atoms with E-state index in [1.54, 1.807) is 6.92 Å². The zero-order valence-electron chi connectivity index (χ0n) is 7.25. The van der Waals surface area contributed by atoms with Crippen molar-refractivity contribution >= 4 is 5.97 Å². The number of esters is 1. The number of hydrogen-bond donors (Lipinski definition) is 2. The zero-order chi connectivity index (χ0) is 9.19. The smallest absolute Gasteiger partial charge is 0.309 e. The Morgan fingerprint density at radius 3 is 2.75 bits per heavy atom. The molecule has 4 heteroatoms. The summed E-state index contributed by atoms with van der Waals surface area (Å²) in [5.41, 5.74) is 4.49. The van der Waals surface area contributed by atoms with Crippen molar-refractivity contribution in [2.45, 2.75) is 25.4 Å². The van der Waals surface area contributed by atoms with Gasteiger partial charge in [0.25, 0.3) is 0 Å². The summed E-state index contributed by atoms with van der Waals surface area (Å²) in [5, 5.41) is 9.47. The lowest BCUT2D eigenvalue weighted by Gasteiger charge is -2.41. The summed E-state index contributed by atoms with van der Waals surface area (Å²) in [5.74, 6) is -0.353. The molecule has 0 unspecified atom stereocenters. The maximum absolute atomic E-state index is 11.1. The Morgan fingerprint density at radius 2 is 2.33 bits per heavy atom. The fourth-order valence-electron chi connectivity index (χ4n) is 1.45. The highest BCUT2D eigenvalue weighted by Crippen LogP contribution is 2.37. The molecule has 0 heterocycles. The second-order valence-corrected chi connectivity index (χ2v) is 3.29. The lowest BCUT2D eigenvalue weighted by molar-refractivity contribution is -0.163. The van der Waals surface area contributed by atoms with Gasteiger partial charge in [-0.2, -0.15) is 0 Å². The molecule has 0 aromatic rings. The lowest BCUT2D eigenvalue weighted by Crippen LogP contribution is -2.52. The van der Waals surface area contributed by atoms with Crippen LogP contribution in [0.4, 0.5) is 0 Å². The normalized spacial score (nSPS) is 34.1. The molecule has 12 heavy (non-hydrogen) atoms. The first-order valence-electron chi connectivity index (χ1n) is 4.20. The Labute approximate surface area is 71.7 Å². The Hall–Kier alpha value is -0.610. The first kappa shape index (κ1) is 9.48. The molecule has 0 spiro atoms. The fourth-order valence-corrected chi connectivity index (χ4v) is 1.45. The molecule has 3 N–H and O–H groups in total. The lowest BCUT2D eigenvalue weighted by atomic mass is 9.71. The number of carbonyl (C=O) groups is 1. The maximum atomic E-state index is 11.1. The van der Waals surface area contributed by atoms with Crippen molar-refractivity contribution < 1.29 is 14.6 Å². The van der Waals surface area contributed by atoms with E-state index in [2.05, 4.69) is 0 Å². The maximum Gasteiger partial charge on any atom is 0.309 e. The van der Waals surface area contributed by atoms with Crippen molar-refractivity contribution in [2.75, 3.05) is 13.2 Å². The molecule has 0 atom stereocenters. The van der Waals surface area contributed by atoms with E-state index in [1.807, 2.05) is 0 Å². The molecule has 0 saturated heterocycles. The minimum Gasteiger partial charge on any atom is -0.466 e. The molecule has 4 nitrogen and oxygen atoms in total. The SMILES string of the molecule is CCOC(=O)C1CC(O)(CN)C1. The summed E-state index contributed by atoms with van der Waals surface area (Å²) in [4.78, 5) is 11.1. The molecular weight excluding hydrogens is 158 g/mol. The van der Waals surface area contributed by atoms with Crippen LogP contribution in [-0.4, -0.2) is 29.8 Å². The van der Waals surface area contributed by atoms with Crippen molar-refractivity contribution in [1.82, 2.24) is 0 Å². The largest absolute Gasteiger partial charge is 0.466 e. The van der Waals surface area contributed by atoms with Gasteiger partial charge in [0.05, 0.1) is 18.1 Å². The Bertz CT molecular complexity index is 175. The monoisotopic (exact) mass is 173 g/mol. The number of rotatable bonds is 3. The fraction of sp³-hybridized carbons (Fsp3) is 0.875. The summed E-state index contributed by atoms with van der Waals surface area (Å²) >= 11 is 0. The van der Waals surface area contributed by atoms with Crippen molar-refractivity contribution in [2.24, 2.45) is 11.7 Å². The average Bonchev–Trinajstić information content (AvgIpc) is 1.99. The van der Waals surface area contributed by atoms with E-state index in [1.165, 1.54) is 0 Å². The standard InChI is InChI=1S/C8H15NO3/c1-2-12-7(10)6-3-8(11,4-6)5-9/h6,11H,2-5,9H2,1H3. The minimum absolute atomic E-state index is 0.140. The summed E-state index contributed by atoms with van der Waals surface area (Å²) in [7, 11) is 0. The van der Waals surface area contributed by atoms with Crippen LogP contribution in [0.5, 0.6) is 0 Å². The van der Waals surface area contributed by atoms with Crippen molar-refractivity contribution in [3.63, 3.8) is 0 Å². The highest BCUT2D eigenvalue weighted by atomic mass is 16.5. The van der Waals surface area contributed by atoms with Gasteiger partial charge < -0.3 is 15.6 Å². The highest BCUT2D eigenvalue weighted by molar-refractivity contribution is 5.74. The molecule has 0 bridgehead atoms. The summed E-state index contributed by atoms with van der Waals surface area (Å²) in [6.45, 7) is 2.39. The van der Waals surface area contributed by atoms with Gasteiger partial charge in [0.15, 0.2) is 0 Å². The van der Waals surface area contributed by atoms with Crippen LogP contribution in [0.25, 0.3) is 0 Å². The van der Waals surface area contributed by atoms with Crippen LogP contribution in [0, 0.1) is 5.92 Å². The first-order chi connectivity index (χ1) is 5.61. The van der Waals surface area contributed by atoms with Crippen molar-refractivity contribution in [3.05, 3.63) is 0 Å². The minimum atomic E-state index is -0.808. The molecule has 1 aliphatic rings. The number of hydrogen-bond acceptors (Lipinski definition) is 4. The van der Waals surface area contributed by atoms with Crippen LogP contribution >= 0.6 is 0 Å². The predicted molar refractivity (Wildman–Crippen MR) is 43.4 cm³/mol. The van der Waals surface area contributed by atoms with Crippen molar-refractivity contribution in [1.29, 1.82) is 0 Å². The van der Waals surface area contributed by atoms with Crippen LogP contribution in [0.2, 0.25) is 0 Å². The molecular formula is C8H15NO3. The molecule has 70 valence electrons. The van der Waals surface area contributed by atoms with E-state index < -0.39 is 5.60 Å². The van der Waals surface area contributed by atoms with Crippen LogP contribution in [0.1, 0.15) is 19.8 Å². The van der Waals surface area contributed by atoms with E-state index in [-0.39, 0.29) is 18.4 Å². The molecule has 1 saturated carbocycles. The third-order valence-electron chi connectivity index (χ3n) is 2.25. The molecule has 1 rings (SSSR count). The summed E-state index contributed by atoms with van der Waals surface area (Å²) < 4.78 is 4.79. The molecule has 1 aliphatic carbocycles. The second kappa shape index (κ2) is 3.41. The number of nitrogens with two attached hydrogens (primary N) is 1. The molecule has 0 aromatic heterocycles. The number of aliphatic hydroxyl groups is 1. The zero-order valence-corrected chi connectivity index (χ0v) is 7.25. The van der Waals surface area contributed by atoms with E-state index in [9.17, 15) is 9.90 Å². The van der Waals surface area contributed by atoms with Gasteiger partial charge in [-0.25, -0.2) is 0 Å².